The molecule has 2 atom stereocenters. The van der Waals surface area contributed by atoms with E-state index in [1.165, 1.54) is 11.5 Å². The highest BCUT2D eigenvalue weighted by Crippen LogP contribution is 2.41. The zero-order valence-electron chi connectivity index (χ0n) is 12.2. The van der Waals surface area contributed by atoms with E-state index in [2.05, 4.69) is 14.7 Å². The number of hydrogen-bond acceptors (Lipinski definition) is 6. The molecule has 2 saturated carbocycles. The number of aliphatic carboxylic acids is 1. The summed E-state index contributed by atoms with van der Waals surface area (Å²) >= 11 is 3.13. The topological polar surface area (TPSA) is 75.1 Å². The Balaban J connectivity index is 1.58. The SMILES string of the molecule is Cc1nsc(SCCC2CCCC2(NC2CC2)C(=O)O)n1. The zero-order valence-corrected chi connectivity index (χ0v) is 13.8. The first-order chi connectivity index (χ1) is 10.1. The molecule has 0 bridgehead atoms. The largest absolute Gasteiger partial charge is 0.480 e. The molecule has 5 nitrogen and oxygen atoms in total. The Labute approximate surface area is 133 Å². The van der Waals surface area contributed by atoms with Crippen LogP contribution in [0.4, 0.5) is 0 Å². The van der Waals surface area contributed by atoms with Crippen molar-refractivity contribution in [3.05, 3.63) is 5.82 Å². The number of carbonyl (C=O) groups is 1. The minimum Gasteiger partial charge on any atom is -0.480 e. The van der Waals surface area contributed by atoms with Crippen LogP contribution in [0.1, 0.15) is 44.3 Å². The fourth-order valence-electron chi connectivity index (χ4n) is 3.22. The van der Waals surface area contributed by atoms with Gasteiger partial charge in [-0.05, 0) is 56.5 Å². The molecule has 0 saturated heterocycles. The average molecular weight is 327 g/mol. The van der Waals surface area contributed by atoms with Crippen LogP contribution in [-0.4, -0.2) is 37.8 Å². The molecule has 2 fully saturated rings. The van der Waals surface area contributed by atoms with E-state index < -0.39 is 11.5 Å². The van der Waals surface area contributed by atoms with Crippen LogP contribution in [0.2, 0.25) is 0 Å². The highest BCUT2D eigenvalue weighted by molar-refractivity contribution is 8.00. The molecule has 21 heavy (non-hydrogen) atoms. The van der Waals surface area contributed by atoms with Crippen molar-refractivity contribution < 1.29 is 9.90 Å². The van der Waals surface area contributed by atoms with Crippen LogP contribution in [0, 0.1) is 12.8 Å². The predicted octanol–water partition coefficient (Wildman–Crippen LogP) is 2.70. The molecular weight excluding hydrogens is 306 g/mol. The van der Waals surface area contributed by atoms with E-state index in [4.69, 9.17) is 0 Å². The van der Waals surface area contributed by atoms with Crippen molar-refractivity contribution in [3.63, 3.8) is 0 Å². The number of aromatic nitrogens is 2. The lowest BCUT2D eigenvalue weighted by atomic mass is 9.85. The molecule has 2 N–H and O–H groups in total. The van der Waals surface area contributed by atoms with Gasteiger partial charge in [-0.1, -0.05) is 18.2 Å². The molecule has 3 rings (SSSR count). The summed E-state index contributed by atoms with van der Waals surface area (Å²) in [6, 6.07) is 0.431. The Morgan fingerprint density at radius 1 is 1.52 bits per heavy atom. The maximum atomic E-state index is 11.8. The van der Waals surface area contributed by atoms with E-state index in [0.717, 1.165) is 54.4 Å². The molecule has 0 aliphatic heterocycles. The van der Waals surface area contributed by atoms with Crippen LogP contribution >= 0.6 is 23.3 Å². The predicted molar refractivity (Wildman–Crippen MR) is 83.9 cm³/mol. The second kappa shape index (κ2) is 6.22. The summed E-state index contributed by atoms with van der Waals surface area (Å²) < 4.78 is 5.16. The summed E-state index contributed by atoms with van der Waals surface area (Å²) in [5, 5.41) is 13.2. The van der Waals surface area contributed by atoms with Crippen molar-refractivity contribution in [2.45, 2.75) is 61.4 Å². The fraction of sp³-hybridized carbons (Fsp3) is 0.786. The van der Waals surface area contributed by atoms with E-state index in [9.17, 15) is 9.90 Å². The molecule has 1 aromatic heterocycles. The minimum atomic E-state index is -0.682. The van der Waals surface area contributed by atoms with Crippen LogP contribution in [0.25, 0.3) is 0 Å². The Kier molecular flexibility index (Phi) is 4.51. The van der Waals surface area contributed by atoms with Gasteiger partial charge < -0.3 is 5.11 Å². The third kappa shape index (κ3) is 3.40. The van der Waals surface area contributed by atoms with E-state index in [1.54, 1.807) is 11.8 Å². The molecule has 0 amide bonds. The van der Waals surface area contributed by atoms with Crippen molar-refractivity contribution >= 4 is 29.3 Å². The van der Waals surface area contributed by atoms with Gasteiger partial charge in [0.05, 0.1) is 0 Å². The lowest BCUT2D eigenvalue weighted by molar-refractivity contribution is -0.146. The molecular formula is C14H21N3O2S2. The highest BCUT2D eigenvalue weighted by atomic mass is 32.2. The number of nitrogens with zero attached hydrogens (tertiary/aromatic N) is 2. The number of hydrogen-bond donors (Lipinski definition) is 2. The number of carboxylic acids is 1. The third-order valence-corrected chi connectivity index (χ3v) is 6.40. The molecule has 2 aliphatic carbocycles. The van der Waals surface area contributed by atoms with Crippen molar-refractivity contribution in [1.29, 1.82) is 0 Å². The summed E-state index contributed by atoms with van der Waals surface area (Å²) in [7, 11) is 0. The summed E-state index contributed by atoms with van der Waals surface area (Å²) in [5.74, 6) is 1.31. The maximum Gasteiger partial charge on any atom is 0.324 e. The van der Waals surface area contributed by atoms with Crippen LogP contribution in [0.3, 0.4) is 0 Å². The van der Waals surface area contributed by atoms with Crippen LogP contribution < -0.4 is 5.32 Å². The van der Waals surface area contributed by atoms with Crippen molar-refractivity contribution in [2.24, 2.45) is 5.92 Å². The van der Waals surface area contributed by atoms with Crippen molar-refractivity contribution in [2.75, 3.05) is 5.75 Å². The van der Waals surface area contributed by atoms with E-state index >= 15 is 0 Å². The molecule has 0 spiro atoms. The summed E-state index contributed by atoms with van der Waals surface area (Å²) in [4.78, 5) is 16.2. The third-order valence-electron chi connectivity index (χ3n) is 4.44. The Bertz CT molecular complexity index is 518. The van der Waals surface area contributed by atoms with Gasteiger partial charge >= 0.3 is 5.97 Å². The van der Waals surface area contributed by atoms with Gasteiger partial charge in [0, 0.05) is 11.8 Å². The molecule has 2 unspecified atom stereocenters. The van der Waals surface area contributed by atoms with Gasteiger partial charge in [0.2, 0.25) is 0 Å². The summed E-state index contributed by atoms with van der Waals surface area (Å²) in [5.41, 5.74) is -0.682. The average Bonchev–Trinajstić information content (AvgIpc) is 3.00. The highest BCUT2D eigenvalue weighted by Gasteiger charge is 2.50. The Hall–Kier alpha value is -0.660. The molecule has 116 valence electrons. The number of aryl methyl sites for hydroxylation is 1. The second-order valence-corrected chi connectivity index (χ2v) is 8.12. The minimum absolute atomic E-state index is 0.233. The van der Waals surface area contributed by atoms with Crippen LogP contribution in [0.5, 0.6) is 0 Å². The lowest BCUT2D eigenvalue weighted by Gasteiger charge is -2.32. The van der Waals surface area contributed by atoms with Crippen molar-refractivity contribution in [3.8, 4) is 0 Å². The second-order valence-electron chi connectivity index (χ2n) is 6.03. The monoisotopic (exact) mass is 327 g/mol. The first kappa shape index (κ1) is 15.2. The van der Waals surface area contributed by atoms with Gasteiger partial charge in [-0.2, -0.15) is 4.37 Å². The normalized spacial score (nSPS) is 28.9. The molecule has 7 heteroatoms. The van der Waals surface area contributed by atoms with E-state index in [-0.39, 0.29) is 5.92 Å². The van der Waals surface area contributed by atoms with Gasteiger partial charge in [0.15, 0.2) is 4.34 Å². The Morgan fingerprint density at radius 3 is 2.95 bits per heavy atom. The summed E-state index contributed by atoms with van der Waals surface area (Å²) in [6.45, 7) is 1.90. The van der Waals surface area contributed by atoms with Crippen LogP contribution in [-0.2, 0) is 4.79 Å². The van der Waals surface area contributed by atoms with Gasteiger partial charge in [0.25, 0.3) is 0 Å². The van der Waals surface area contributed by atoms with Gasteiger partial charge in [-0.3, -0.25) is 10.1 Å². The lowest BCUT2D eigenvalue weighted by Crippen LogP contribution is -2.55. The quantitative estimate of drug-likeness (QED) is 0.750. The molecule has 0 radical (unpaired) electrons. The number of nitrogens with one attached hydrogen (secondary N) is 1. The number of thioether (sulfide) groups is 1. The van der Waals surface area contributed by atoms with Gasteiger partial charge in [-0.15, -0.1) is 0 Å². The smallest absolute Gasteiger partial charge is 0.324 e. The van der Waals surface area contributed by atoms with E-state index in [0.29, 0.717) is 6.04 Å². The molecule has 1 heterocycles. The first-order valence-corrected chi connectivity index (χ1v) is 9.30. The zero-order chi connectivity index (χ0) is 14.9. The van der Waals surface area contributed by atoms with Crippen LogP contribution in [0.15, 0.2) is 4.34 Å². The van der Waals surface area contributed by atoms with E-state index in [1.807, 2.05) is 6.92 Å². The molecule has 0 aromatic carbocycles. The summed E-state index contributed by atoms with van der Waals surface area (Å²) in [6.07, 6.45) is 5.98. The Morgan fingerprint density at radius 2 is 2.33 bits per heavy atom. The van der Waals surface area contributed by atoms with Gasteiger partial charge in [-0.25, -0.2) is 4.98 Å². The molecule has 2 aliphatic rings. The number of carboxylic acid groups (broad SMARTS) is 1. The standard InChI is InChI=1S/C14H21N3O2S2/c1-9-15-13(21-17-9)20-8-6-10-3-2-7-14(10,12(18)19)16-11-4-5-11/h10-11,16H,2-8H2,1H3,(H,18,19). The molecule has 1 aromatic rings. The maximum absolute atomic E-state index is 11.8. The fourth-order valence-corrected chi connectivity index (χ4v) is 4.99. The van der Waals surface area contributed by atoms with Gasteiger partial charge in [0.1, 0.15) is 11.4 Å². The first-order valence-electron chi connectivity index (χ1n) is 7.54. The van der Waals surface area contributed by atoms with Crippen molar-refractivity contribution in [1.82, 2.24) is 14.7 Å². The number of rotatable bonds is 7.